The summed E-state index contributed by atoms with van der Waals surface area (Å²) in [5, 5.41) is 7.57. The van der Waals surface area contributed by atoms with Crippen LogP contribution in [-0.2, 0) is 6.61 Å². The Hall–Kier alpha value is -5.31. The second-order valence-corrected chi connectivity index (χ2v) is 8.53. The Morgan fingerprint density at radius 3 is 2.62 bits per heavy atom. The number of nitrogens with one attached hydrogen (secondary N) is 2. The van der Waals surface area contributed by atoms with Crippen molar-refractivity contribution in [2.75, 3.05) is 0 Å². The Kier molecular flexibility index (Phi) is 4.95. The topological polar surface area (TPSA) is 118 Å². The lowest BCUT2D eigenvalue weighted by molar-refractivity contribution is 0.305. The molecule has 0 saturated carbocycles. The molecule has 6 aromatic heterocycles. The number of aromatic amines is 2. The normalized spacial score (nSPS) is 11.4. The Balaban J connectivity index is 1.24. The summed E-state index contributed by atoms with van der Waals surface area (Å²) in [5.41, 5.74) is 8.18. The number of pyridine rings is 3. The molecule has 0 aliphatic rings. The van der Waals surface area contributed by atoms with Crippen LogP contribution in [0.15, 0.2) is 96.3 Å². The molecule has 0 aliphatic carbocycles. The molecule has 37 heavy (non-hydrogen) atoms. The summed E-state index contributed by atoms with van der Waals surface area (Å²) < 4.78 is 11.2. The zero-order valence-electron chi connectivity index (χ0n) is 19.4. The molecule has 1 aromatic carbocycles. The highest BCUT2D eigenvalue weighted by atomic mass is 16.5. The van der Waals surface area contributed by atoms with E-state index in [4.69, 9.17) is 19.1 Å². The standard InChI is InChI=1S/C28H19N7O2/c1-2-4-17(5-3-1)15-37-20-10-19(11-29-12-20)22-6-7-23-26(31-22)27(35-34-23)28-32-24-14-30-13-21(25(24)33-28)18-8-9-36-16-18/h1-14,16H,15H2,(H,32,33)(H,34,35). The maximum absolute atomic E-state index is 5.96. The smallest absolute Gasteiger partial charge is 0.161 e. The van der Waals surface area contributed by atoms with Crippen LogP contribution in [0, 0.1) is 0 Å². The fraction of sp³-hybridized carbons (Fsp3) is 0.0357. The number of fused-ring (bicyclic) bond motifs is 2. The maximum atomic E-state index is 5.96. The van der Waals surface area contributed by atoms with Gasteiger partial charge in [0.15, 0.2) is 11.5 Å². The summed E-state index contributed by atoms with van der Waals surface area (Å²) in [5.74, 6) is 1.27. The molecule has 9 heteroatoms. The van der Waals surface area contributed by atoms with E-state index in [0.717, 1.165) is 44.5 Å². The van der Waals surface area contributed by atoms with Crippen LogP contribution in [-0.4, -0.2) is 35.1 Å². The molecule has 7 aromatic rings. The second-order valence-electron chi connectivity index (χ2n) is 8.53. The minimum atomic E-state index is 0.464. The van der Waals surface area contributed by atoms with Crippen molar-refractivity contribution in [2.45, 2.75) is 6.61 Å². The molecule has 0 fully saturated rings. The number of nitrogens with zero attached hydrogens (tertiary/aromatic N) is 5. The van der Waals surface area contributed by atoms with Crippen LogP contribution in [0.2, 0.25) is 0 Å². The van der Waals surface area contributed by atoms with E-state index in [1.54, 1.807) is 37.3 Å². The van der Waals surface area contributed by atoms with Gasteiger partial charge in [-0.1, -0.05) is 30.3 Å². The summed E-state index contributed by atoms with van der Waals surface area (Å²) >= 11 is 0. The predicted molar refractivity (Wildman–Crippen MR) is 138 cm³/mol. The number of hydrogen-bond donors (Lipinski definition) is 2. The molecule has 2 N–H and O–H groups in total. The van der Waals surface area contributed by atoms with Gasteiger partial charge in [0.1, 0.15) is 23.4 Å². The molecule has 0 aliphatic heterocycles. The Bertz CT molecular complexity index is 1840. The minimum Gasteiger partial charge on any atom is -0.487 e. The monoisotopic (exact) mass is 485 g/mol. The van der Waals surface area contributed by atoms with Crippen molar-refractivity contribution in [3.63, 3.8) is 0 Å². The zero-order chi connectivity index (χ0) is 24.6. The molecule has 0 atom stereocenters. The van der Waals surface area contributed by atoms with Crippen molar-refractivity contribution in [3.8, 4) is 39.7 Å². The average Bonchev–Trinajstić information content (AvgIpc) is 3.71. The molecular weight excluding hydrogens is 466 g/mol. The average molecular weight is 486 g/mol. The van der Waals surface area contributed by atoms with Gasteiger partial charge in [-0.05, 0) is 29.8 Å². The van der Waals surface area contributed by atoms with Crippen molar-refractivity contribution in [3.05, 3.63) is 97.5 Å². The van der Waals surface area contributed by atoms with Gasteiger partial charge in [-0.3, -0.25) is 15.1 Å². The number of ether oxygens (including phenoxy) is 1. The fourth-order valence-electron chi connectivity index (χ4n) is 4.28. The summed E-state index contributed by atoms with van der Waals surface area (Å²) in [6.45, 7) is 0.464. The molecule has 178 valence electrons. The largest absolute Gasteiger partial charge is 0.487 e. The van der Waals surface area contributed by atoms with Gasteiger partial charge in [-0.15, -0.1) is 0 Å². The van der Waals surface area contributed by atoms with E-state index in [1.165, 1.54) is 0 Å². The third-order valence-electron chi connectivity index (χ3n) is 6.12. The summed E-state index contributed by atoms with van der Waals surface area (Å²) in [7, 11) is 0. The van der Waals surface area contributed by atoms with Gasteiger partial charge in [-0.2, -0.15) is 5.10 Å². The number of H-pyrrole nitrogens is 2. The van der Waals surface area contributed by atoms with E-state index >= 15 is 0 Å². The summed E-state index contributed by atoms with van der Waals surface area (Å²) in [6, 6.07) is 17.7. The van der Waals surface area contributed by atoms with Crippen LogP contribution in [0.4, 0.5) is 0 Å². The highest BCUT2D eigenvalue weighted by Crippen LogP contribution is 2.31. The highest BCUT2D eigenvalue weighted by molar-refractivity contribution is 5.95. The molecule has 0 radical (unpaired) electrons. The van der Waals surface area contributed by atoms with E-state index in [1.807, 2.05) is 54.6 Å². The lowest BCUT2D eigenvalue weighted by Crippen LogP contribution is -1.96. The van der Waals surface area contributed by atoms with Crippen molar-refractivity contribution >= 4 is 22.1 Å². The fourth-order valence-corrected chi connectivity index (χ4v) is 4.28. The number of hydrogen-bond acceptors (Lipinski definition) is 7. The van der Waals surface area contributed by atoms with Crippen LogP contribution in [0.5, 0.6) is 5.75 Å². The molecule has 0 spiro atoms. The number of benzene rings is 1. The molecule has 0 saturated heterocycles. The lowest BCUT2D eigenvalue weighted by atomic mass is 10.1. The van der Waals surface area contributed by atoms with E-state index in [9.17, 15) is 0 Å². The quantitative estimate of drug-likeness (QED) is 0.306. The number of imidazole rings is 1. The number of rotatable bonds is 6. The number of aromatic nitrogens is 7. The SMILES string of the molecule is c1ccc(COc2cncc(-c3ccc4[nH]nc(-c5nc6c(-c7ccoc7)cncc6[nH]5)c4n3)c2)cc1. The zero-order valence-corrected chi connectivity index (χ0v) is 19.4. The van der Waals surface area contributed by atoms with Gasteiger partial charge in [0.2, 0.25) is 0 Å². The third kappa shape index (κ3) is 3.88. The van der Waals surface area contributed by atoms with E-state index < -0.39 is 0 Å². The maximum Gasteiger partial charge on any atom is 0.161 e. The first-order valence-electron chi connectivity index (χ1n) is 11.7. The van der Waals surface area contributed by atoms with Crippen LogP contribution in [0.25, 0.3) is 56.0 Å². The van der Waals surface area contributed by atoms with Gasteiger partial charge in [-0.25, -0.2) is 9.97 Å². The van der Waals surface area contributed by atoms with E-state index in [-0.39, 0.29) is 0 Å². The minimum absolute atomic E-state index is 0.464. The molecule has 6 heterocycles. The van der Waals surface area contributed by atoms with Gasteiger partial charge < -0.3 is 14.1 Å². The van der Waals surface area contributed by atoms with Crippen LogP contribution >= 0.6 is 0 Å². The van der Waals surface area contributed by atoms with Crippen LogP contribution < -0.4 is 4.74 Å². The van der Waals surface area contributed by atoms with Gasteiger partial charge in [0.25, 0.3) is 0 Å². The van der Waals surface area contributed by atoms with E-state index in [0.29, 0.717) is 29.4 Å². The van der Waals surface area contributed by atoms with Crippen LogP contribution in [0.3, 0.4) is 0 Å². The third-order valence-corrected chi connectivity index (χ3v) is 6.12. The molecule has 0 amide bonds. The molecule has 0 unspecified atom stereocenters. The lowest BCUT2D eigenvalue weighted by Gasteiger charge is -2.08. The highest BCUT2D eigenvalue weighted by Gasteiger charge is 2.17. The van der Waals surface area contributed by atoms with Crippen molar-refractivity contribution < 1.29 is 9.15 Å². The van der Waals surface area contributed by atoms with Crippen molar-refractivity contribution in [1.29, 1.82) is 0 Å². The van der Waals surface area contributed by atoms with Gasteiger partial charge in [0.05, 0.1) is 41.6 Å². The van der Waals surface area contributed by atoms with Crippen molar-refractivity contribution in [1.82, 2.24) is 35.1 Å². The first-order valence-corrected chi connectivity index (χ1v) is 11.7. The number of furan rings is 1. The predicted octanol–water partition coefficient (Wildman–Crippen LogP) is 5.80. The van der Waals surface area contributed by atoms with Crippen molar-refractivity contribution in [2.24, 2.45) is 0 Å². The molecule has 0 bridgehead atoms. The second kappa shape index (κ2) is 8.72. The first-order chi connectivity index (χ1) is 18.3. The Morgan fingerprint density at radius 1 is 0.811 bits per heavy atom. The molecular formula is C28H19N7O2. The van der Waals surface area contributed by atoms with E-state index in [2.05, 4.69) is 25.1 Å². The van der Waals surface area contributed by atoms with Gasteiger partial charge >= 0.3 is 0 Å². The first kappa shape index (κ1) is 21.0. The Labute approximate surface area is 210 Å². The summed E-state index contributed by atoms with van der Waals surface area (Å²) in [6.07, 6.45) is 10.3. The van der Waals surface area contributed by atoms with Gasteiger partial charge in [0, 0.05) is 29.1 Å². The molecule has 7 rings (SSSR count). The summed E-state index contributed by atoms with van der Waals surface area (Å²) in [4.78, 5) is 21.8. The Morgan fingerprint density at radius 2 is 1.73 bits per heavy atom. The molecule has 9 nitrogen and oxygen atoms in total. The van der Waals surface area contributed by atoms with Crippen LogP contribution in [0.1, 0.15) is 5.56 Å².